The first kappa shape index (κ1) is 15.3. The van der Waals surface area contributed by atoms with Crippen molar-refractivity contribution in [1.82, 2.24) is 4.98 Å². The number of pyridine rings is 1. The lowest BCUT2D eigenvalue weighted by atomic mass is 10.0. The van der Waals surface area contributed by atoms with Gasteiger partial charge in [-0.1, -0.05) is 0 Å². The van der Waals surface area contributed by atoms with E-state index in [9.17, 15) is 18.3 Å². The van der Waals surface area contributed by atoms with E-state index in [4.69, 9.17) is 4.74 Å². The summed E-state index contributed by atoms with van der Waals surface area (Å²) in [4.78, 5) is 4.05. The van der Waals surface area contributed by atoms with Crippen LogP contribution in [0, 0.1) is 6.92 Å². The summed E-state index contributed by atoms with van der Waals surface area (Å²) >= 11 is 0. The fourth-order valence-corrected chi connectivity index (χ4v) is 1.88. The Morgan fingerprint density at radius 2 is 1.86 bits per heavy atom. The number of aliphatic hydroxyl groups excluding tert-OH is 1. The quantitative estimate of drug-likeness (QED) is 0.939. The second-order valence-corrected chi connectivity index (χ2v) is 4.68. The standard InChI is InChI=1S/C15H14F3NO2/c1-10-2-13(7-19-6-10)12-3-11(8-20)4-14(5-12)21-9-15(16,17)18/h2-7,20H,8-9H2,1H3. The van der Waals surface area contributed by atoms with Gasteiger partial charge in [0.2, 0.25) is 0 Å². The highest BCUT2D eigenvalue weighted by Gasteiger charge is 2.28. The van der Waals surface area contributed by atoms with Crippen LogP contribution in [0.2, 0.25) is 0 Å². The topological polar surface area (TPSA) is 42.4 Å². The molecule has 0 saturated heterocycles. The van der Waals surface area contributed by atoms with Gasteiger partial charge in [-0.15, -0.1) is 0 Å². The summed E-state index contributed by atoms with van der Waals surface area (Å²) in [6.45, 7) is 0.219. The SMILES string of the molecule is Cc1cncc(-c2cc(CO)cc(OCC(F)(F)F)c2)c1. The van der Waals surface area contributed by atoms with Crippen LogP contribution < -0.4 is 4.74 Å². The Kier molecular flexibility index (Phi) is 4.47. The van der Waals surface area contributed by atoms with E-state index in [-0.39, 0.29) is 12.4 Å². The van der Waals surface area contributed by atoms with Crippen molar-refractivity contribution in [3.8, 4) is 16.9 Å². The van der Waals surface area contributed by atoms with Gasteiger partial charge in [0.05, 0.1) is 6.61 Å². The molecule has 112 valence electrons. The Morgan fingerprint density at radius 1 is 1.10 bits per heavy atom. The molecule has 0 fully saturated rings. The minimum Gasteiger partial charge on any atom is -0.484 e. The van der Waals surface area contributed by atoms with Crippen LogP contribution in [-0.4, -0.2) is 22.9 Å². The summed E-state index contributed by atoms with van der Waals surface area (Å²) in [5.41, 5.74) is 2.81. The van der Waals surface area contributed by atoms with Crippen LogP contribution in [0.3, 0.4) is 0 Å². The second kappa shape index (κ2) is 6.13. The maximum Gasteiger partial charge on any atom is 0.422 e. The first-order valence-electron chi connectivity index (χ1n) is 6.24. The summed E-state index contributed by atoms with van der Waals surface area (Å²) in [6.07, 6.45) is -1.11. The van der Waals surface area contributed by atoms with Gasteiger partial charge >= 0.3 is 6.18 Å². The molecule has 21 heavy (non-hydrogen) atoms. The van der Waals surface area contributed by atoms with Gasteiger partial charge in [0.15, 0.2) is 6.61 Å². The summed E-state index contributed by atoms with van der Waals surface area (Å²) in [5.74, 6) is 0.0652. The Hall–Kier alpha value is -2.08. The van der Waals surface area contributed by atoms with Gasteiger partial charge in [-0.25, -0.2) is 0 Å². The molecule has 0 amide bonds. The Morgan fingerprint density at radius 3 is 2.48 bits per heavy atom. The number of alkyl halides is 3. The average molecular weight is 297 g/mol. The normalized spacial score (nSPS) is 11.5. The minimum atomic E-state index is -4.40. The smallest absolute Gasteiger partial charge is 0.422 e. The number of aryl methyl sites for hydroxylation is 1. The van der Waals surface area contributed by atoms with Crippen molar-refractivity contribution in [1.29, 1.82) is 0 Å². The number of aromatic nitrogens is 1. The van der Waals surface area contributed by atoms with Crippen molar-refractivity contribution in [3.63, 3.8) is 0 Å². The van der Waals surface area contributed by atoms with E-state index in [2.05, 4.69) is 4.98 Å². The van der Waals surface area contributed by atoms with E-state index >= 15 is 0 Å². The number of nitrogens with zero attached hydrogens (tertiary/aromatic N) is 1. The van der Waals surface area contributed by atoms with E-state index in [1.807, 2.05) is 13.0 Å². The molecule has 2 aromatic rings. The molecule has 1 heterocycles. The number of aliphatic hydroxyl groups is 1. The van der Waals surface area contributed by atoms with E-state index in [1.165, 1.54) is 12.1 Å². The van der Waals surface area contributed by atoms with Crippen molar-refractivity contribution < 1.29 is 23.0 Å². The zero-order chi connectivity index (χ0) is 15.5. The van der Waals surface area contributed by atoms with Crippen molar-refractivity contribution in [3.05, 3.63) is 47.8 Å². The average Bonchev–Trinajstić information content (AvgIpc) is 2.44. The van der Waals surface area contributed by atoms with Crippen LogP contribution in [0.15, 0.2) is 36.7 Å². The largest absolute Gasteiger partial charge is 0.484 e. The van der Waals surface area contributed by atoms with E-state index in [0.717, 1.165) is 11.1 Å². The van der Waals surface area contributed by atoms with Crippen molar-refractivity contribution in [2.75, 3.05) is 6.61 Å². The van der Waals surface area contributed by atoms with Crippen LogP contribution >= 0.6 is 0 Å². The first-order valence-corrected chi connectivity index (χ1v) is 6.24. The lowest BCUT2D eigenvalue weighted by molar-refractivity contribution is -0.153. The predicted octanol–water partition coefficient (Wildman–Crippen LogP) is 3.49. The third-order valence-electron chi connectivity index (χ3n) is 2.76. The molecule has 0 aliphatic carbocycles. The molecule has 0 unspecified atom stereocenters. The third kappa shape index (κ3) is 4.46. The van der Waals surface area contributed by atoms with Crippen LogP contribution in [-0.2, 0) is 6.61 Å². The Balaban J connectivity index is 2.33. The first-order chi connectivity index (χ1) is 9.87. The molecular formula is C15H14F3NO2. The highest BCUT2D eigenvalue weighted by atomic mass is 19.4. The van der Waals surface area contributed by atoms with Gasteiger partial charge in [-0.2, -0.15) is 13.2 Å². The van der Waals surface area contributed by atoms with Crippen molar-refractivity contribution >= 4 is 0 Å². The summed E-state index contributed by atoms with van der Waals surface area (Å²) in [6, 6.07) is 6.44. The van der Waals surface area contributed by atoms with Gasteiger partial charge in [0.25, 0.3) is 0 Å². The lowest BCUT2D eigenvalue weighted by Gasteiger charge is -2.12. The number of rotatable bonds is 4. The molecule has 1 aromatic carbocycles. The highest BCUT2D eigenvalue weighted by Crippen LogP contribution is 2.27. The van der Waals surface area contributed by atoms with Gasteiger partial charge < -0.3 is 9.84 Å². The maximum atomic E-state index is 12.2. The van der Waals surface area contributed by atoms with E-state index in [0.29, 0.717) is 11.1 Å². The molecular weight excluding hydrogens is 283 g/mol. The molecule has 3 nitrogen and oxygen atoms in total. The molecule has 1 aromatic heterocycles. The zero-order valence-electron chi connectivity index (χ0n) is 11.3. The number of ether oxygens (including phenoxy) is 1. The van der Waals surface area contributed by atoms with Crippen LogP contribution in [0.4, 0.5) is 13.2 Å². The maximum absolute atomic E-state index is 12.2. The number of halogens is 3. The number of benzene rings is 1. The van der Waals surface area contributed by atoms with Crippen LogP contribution in [0.5, 0.6) is 5.75 Å². The minimum absolute atomic E-state index is 0.0652. The van der Waals surface area contributed by atoms with Crippen molar-refractivity contribution in [2.24, 2.45) is 0 Å². The summed E-state index contributed by atoms with van der Waals surface area (Å²) in [7, 11) is 0. The number of hydrogen-bond acceptors (Lipinski definition) is 3. The van der Waals surface area contributed by atoms with Crippen molar-refractivity contribution in [2.45, 2.75) is 19.7 Å². The van der Waals surface area contributed by atoms with Crippen LogP contribution in [0.1, 0.15) is 11.1 Å². The van der Waals surface area contributed by atoms with Gasteiger partial charge in [0.1, 0.15) is 5.75 Å². The summed E-state index contributed by atoms with van der Waals surface area (Å²) < 4.78 is 41.4. The fourth-order valence-electron chi connectivity index (χ4n) is 1.88. The van der Waals surface area contributed by atoms with Gasteiger partial charge in [-0.05, 0) is 47.9 Å². The van der Waals surface area contributed by atoms with E-state index < -0.39 is 12.8 Å². The lowest BCUT2D eigenvalue weighted by Crippen LogP contribution is -2.19. The molecule has 0 aliphatic rings. The predicted molar refractivity (Wildman–Crippen MR) is 71.9 cm³/mol. The second-order valence-electron chi connectivity index (χ2n) is 4.68. The molecule has 0 spiro atoms. The fraction of sp³-hybridized carbons (Fsp3) is 0.267. The Labute approximate surface area is 120 Å². The van der Waals surface area contributed by atoms with Gasteiger partial charge in [-0.3, -0.25) is 4.98 Å². The zero-order valence-corrected chi connectivity index (χ0v) is 11.3. The van der Waals surface area contributed by atoms with Gasteiger partial charge in [0, 0.05) is 18.0 Å². The Bertz CT molecular complexity index is 627. The highest BCUT2D eigenvalue weighted by molar-refractivity contribution is 5.65. The molecule has 0 radical (unpaired) electrons. The van der Waals surface area contributed by atoms with Crippen LogP contribution in [0.25, 0.3) is 11.1 Å². The molecule has 0 saturated carbocycles. The molecule has 0 bridgehead atoms. The molecule has 2 rings (SSSR count). The third-order valence-corrected chi connectivity index (χ3v) is 2.76. The van der Waals surface area contributed by atoms with E-state index in [1.54, 1.807) is 18.5 Å². The summed E-state index contributed by atoms with van der Waals surface area (Å²) in [5, 5.41) is 9.22. The molecule has 6 heteroatoms. The molecule has 0 aliphatic heterocycles. The number of hydrogen-bond donors (Lipinski definition) is 1. The molecule has 1 N–H and O–H groups in total. The molecule has 0 atom stereocenters. The monoisotopic (exact) mass is 297 g/mol.